The van der Waals surface area contributed by atoms with Gasteiger partial charge in [0.1, 0.15) is 0 Å². The predicted molar refractivity (Wildman–Crippen MR) is 140 cm³/mol. The number of rotatable bonds is 10. The van der Waals surface area contributed by atoms with E-state index in [1.807, 2.05) is 6.07 Å². The quantitative estimate of drug-likeness (QED) is 0.312. The molecule has 2 aromatic carbocycles. The maximum absolute atomic E-state index is 12.7. The number of anilines is 1. The van der Waals surface area contributed by atoms with Crippen molar-refractivity contribution in [3.8, 4) is 0 Å². The average Bonchev–Trinajstić information content (AvgIpc) is 3.32. The summed E-state index contributed by atoms with van der Waals surface area (Å²) in [6.07, 6.45) is 1.70. The van der Waals surface area contributed by atoms with Gasteiger partial charge in [-0.15, -0.1) is 16.8 Å². The van der Waals surface area contributed by atoms with Crippen molar-refractivity contribution in [2.24, 2.45) is 0 Å². The highest BCUT2D eigenvalue weighted by Crippen LogP contribution is 2.19. The number of ether oxygens (including phenoxy) is 1. The normalized spacial score (nSPS) is 13.1. The number of hydrogen-bond donors (Lipinski definition) is 2. The summed E-state index contributed by atoms with van der Waals surface area (Å²) in [6.45, 7) is 6.54. The van der Waals surface area contributed by atoms with Crippen LogP contribution in [0.1, 0.15) is 26.5 Å². The highest BCUT2D eigenvalue weighted by molar-refractivity contribution is 7.99. The highest BCUT2D eigenvalue weighted by Gasteiger charge is 2.19. The molecule has 1 fully saturated rings. The van der Waals surface area contributed by atoms with Gasteiger partial charge in [-0.1, -0.05) is 42.1 Å². The van der Waals surface area contributed by atoms with Gasteiger partial charge in [-0.05, 0) is 30.3 Å². The number of morpholine rings is 1. The number of nitrogens with one attached hydrogen (secondary N) is 2. The molecule has 3 amide bonds. The van der Waals surface area contributed by atoms with Gasteiger partial charge < -0.3 is 24.8 Å². The third-order valence-electron chi connectivity index (χ3n) is 5.57. The predicted octanol–water partition coefficient (Wildman–Crippen LogP) is 2.60. The van der Waals surface area contributed by atoms with E-state index >= 15 is 0 Å². The van der Waals surface area contributed by atoms with E-state index in [0.717, 1.165) is 0 Å². The molecule has 2 N–H and O–H groups in total. The van der Waals surface area contributed by atoms with Gasteiger partial charge in [-0.3, -0.25) is 14.4 Å². The van der Waals surface area contributed by atoms with Gasteiger partial charge in [0.2, 0.25) is 5.91 Å². The van der Waals surface area contributed by atoms with Gasteiger partial charge in [-0.2, -0.15) is 0 Å². The summed E-state index contributed by atoms with van der Waals surface area (Å²) in [5.41, 5.74) is 1.61. The number of nitrogens with zero attached hydrogens (tertiary/aromatic N) is 4. The first kappa shape index (κ1) is 26.1. The van der Waals surface area contributed by atoms with Gasteiger partial charge in [0, 0.05) is 36.4 Å². The van der Waals surface area contributed by atoms with Gasteiger partial charge in [0.25, 0.3) is 11.8 Å². The lowest BCUT2D eigenvalue weighted by molar-refractivity contribution is -0.113. The van der Waals surface area contributed by atoms with Crippen LogP contribution in [-0.2, 0) is 22.6 Å². The number of aromatic nitrogens is 3. The molecular formula is C26H28N6O4S. The fourth-order valence-corrected chi connectivity index (χ4v) is 4.49. The Balaban J connectivity index is 1.33. The zero-order valence-electron chi connectivity index (χ0n) is 20.3. The van der Waals surface area contributed by atoms with Crippen LogP contribution in [0.25, 0.3) is 0 Å². The molecule has 0 saturated carbocycles. The van der Waals surface area contributed by atoms with Crippen molar-refractivity contribution in [3.63, 3.8) is 0 Å². The van der Waals surface area contributed by atoms with Crippen molar-refractivity contribution in [1.29, 1.82) is 0 Å². The van der Waals surface area contributed by atoms with Crippen molar-refractivity contribution in [3.05, 3.63) is 84.2 Å². The second-order valence-electron chi connectivity index (χ2n) is 8.17. The lowest BCUT2D eigenvalue weighted by Gasteiger charge is -2.27. The number of allylic oxidation sites excluding steroid dienone is 1. The Morgan fingerprint density at radius 3 is 2.54 bits per heavy atom. The Kier molecular flexibility index (Phi) is 9.06. The molecule has 10 nitrogen and oxygen atoms in total. The molecule has 1 aliphatic rings. The van der Waals surface area contributed by atoms with E-state index in [1.165, 1.54) is 11.8 Å². The van der Waals surface area contributed by atoms with E-state index in [9.17, 15) is 14.4 Å². The summed E-state index contributed by atoms with van der Waals surface area (Å²) in [6, 6.07) is 15.8. The van der Waals surface area contributed by atoms with Gasteiger partial charge in [0.15, 0.2) is 11.0 Å². The molecule has 1 aromatic heterocycles. The SMILES string of the molecule is C=CCn1c(CNC(=O)c2ccccc2)nnc1SCC(=O)Nc1cccc(C(=O)N2CCOCC2)c1. The molecule has 0 atom stereocenters. The molecule has 3 aromatic rings. The number of carbonyl (C=O) groups excluding carboxylic acids is 3. The average molecular weight is 521 g/mol. The molecular weight excluding hydrogens is 492 g/mol. The van der Waals surface area contributed by atoms with Gasteiger partial charge in [0.05, 0.1) is 25.5 Å². The van der Waals surface area contributed by atoms with Crippen LogP contribution < -0.4 is 10.6 Å². The number of benzene rings is 2. The first-order valence-corrected chi connectivity index (χ1v) is 12.8. The molecule has 0 unspecified atom stereocenters. The maximum Gasteiger partial charge on any atom is 0.254 e. The van der Waals surface area contributed by atoms with Gasteiger partial charge in [-0.25, -0.2) is 0 Å². The molecule has 11 heteroatoms. The minimum Gasteiger partial charge on any atom is -0.378 e. The summed E-state index contributed by atoms with van der Waals surface area (Å²) < 4.78 is 7.11. The van der Waals surface area contributed by atoms with Crippen LogP contribution in [0.4, 0.5) is 5.69 Å². The van der Waals surface area contributed by atoms with E-state index < -0.39 is 0 Å². The molecule has 2 heterocycles. The molecule has 4 rings (SSSR count). The summed E-state index contributed by atoms with van der Waals surface area (Å²) in [4.78, 5) is 39.5. The number of amides is 3. The lowest BCUT2D eigenvalue weighted by atomic mass is 10.1. The zero-order valence-corrected chi connectivity index (χ0v) is 21.1. The minimum atomic E-state index is -0.243. The van der Waals surface area contributed by atoms with Gasteiger partial charge >= 0.3 is 0 Å². The van der Waals surface area contributed by atoms with Crippen molar-refractivity contribution in [1.82, 2.24) is 25.0 Å². The van der Waals surface area contributed by atoms with Crippen LogP contribution in [-0.4, -0.2) is 69.4 Å². The highest BCUT2D eigenvalue weighted by atomic mass is 32.2. The molecule has 0 radical (unpaired) electrons. The summed E-state index contributed by atoms with van der Waals surface area (Å²) in [7, 11) is 0. The van der Waals surface area contributed by atoms with Crippen molar-refractivity contribution >= 4 is 35.2 Å². The van der Waals surface area contributed by atoms with Crippen LogP contribution in [0.3, 0.4) is 0 Å². The molecule has 0 spiro atoms. The number of carbonyl (C=O) groups is 3. The summed E-state index contributed by atoms with van der Waals surface area (Å²) in [5, 5.41) is 14.6. The molecule has 37 heavy (non-hydrogen) atoms. The maximum atomic E-state index is 12.7. The standard InChI is InChI=1S/C26H28N6O4S/c1-2-11-32-22(17-27-24(34)19-7-4-3-5-8-19)29-30-26(32)37-18-23(33)28-21-10-6-9-20(16-21)25(35)31-12-14-36-15-13-31/h2-10,16H,1,11-15,17-18H2,(H,27,34)(H,28,33). The smallest absolute Gasteiger partial charge is 0.254 e. The van der Waals surface area contributed by atoms with Crippen LogP contribution >= 0.6 is 11.8 Å². The zero-order chi connectivity index (χ0) is 26.0. The first-order valence-electron chi connectivity index (χ1n) is 11.8. The van der Waals surface area contributed by atoms with E-state index in [-0.39, 0.29) is 30.0 Å². The summed E-state index contributed by atoms with van der Waals surface area (Å²) in [5.74, 6) is 0.108. The first-order chi connectivity index (χ1) is 18.0. The molecule has 0 aliphatic carbocycles. The lowest BCUT2D eigenvalue weighted by Crippen LogP contribution is -2.40. The topological polar surface area (TPSA) is 118 Å². The molecule has 0 bridgehead atoms. The second kappa shape index (κ2) is 12.8. The van der Waals surface area contributed by atoms with Crippen LogP contribution in [0, 0.1) is 0 Å². The fraction of sp³-hybridized carbons (Fsp3) is 0.269. The molecule has 1 aliphatic heterocycles. The molecule has 192 valence electrons. The second-order valence-corrected chi connectivity index (χ2v) is 9.11. The Morgan fingerprint density at radius 1 is 1.03 bits per heavy atom. The van der Waals surface area contributed by atoms with Crippen molar-refractivity contribution in [2.75, 3.05) is 37.4 Å². The van der Waals surface area contributed by atoms with E-state index in [1.54, 1.807) is 64.1 Å². The Labute approximate surface area is 219 Å². The monoisotopic (exact) mass is 520 g/mol. The van der Waals surface area contributed by atoms with Crippen molar-refractivity contribution < 1.29 is 19.1 Å². The van der Waals surface area contributed by atoms with E-state index in [4.69, 9.17) is 4.74 Å². The van der Waals surface area contributed by atoms with Crippen LogP contribution in [0.15, 0.2) is 72.4 Å². The number of thioether (sulfide) groups is 1. The van der Waals surface area contributed by atoms with Crippen molar-refractivity contribution in [2.45, 2.75) is 18.2 Å². The molecule has 1 saturated heterocycles. The largest absolute Gasteiger partial charge is 0.378 e. The third kappa shape index (κ3) is 7.05. The van der Waals surface area contributed by atoms with E-state index in [0.29, 0.717) is 60.6 Å². The Hall–Kier alpha value is -3.96. The number of hydrogen-bond acceptors (Lipinski definition) is 7. The Morgan fingerprint density at radius 2 is 1.78 bits per heavy atom. The Bertz CT molecular complexity index is 1260. The van der Waals surface area contributed by atoms with Crippen LogP contribution in [0.5, 0.6) is 0 Å². The fourth-order valence-electron chi connectivity index (χ4n) is 3.73. The minimum absolute atomic E-state index is 0.0850. The third-order valence-corrected chi connectivity index (χ3v) is 6.54. The summed E-state index contributed by atoms with van der Waals surface area (Å²) >= 11 is 1.23. The van der Waals surface area contributed by atoms with Crippen LogP contribution in [0.2, 0.25) is 0 Å². The van der Waals surface area contributed by atoms with E-state index in [2.05, 4.69) is 27.4 Å².